The lowest BCUT2D eigenvalue weighted by Gasteiger charge is -2.35. The third kappa shape index (κ3) is 3.81. The van der Waals surface area contributed by atoms with E-state index in [-0.39, 0.29) is 11.5 Å². The number of aromatic nitrogens is 1. The lowest BCUT2D eigenvalue weighted by atomic mass is 10.2. The number of rotatable bonds is 3. The molecule has 1 aliphatic rings. The van der Waals surface area contributed by atoms with Gasteiger partial charge in [-0.05, 0) is 26.0 Å². The minimum Gasteiger partial charge on any atom is -0.478 e. The molecule has 0 radical (unpaired) electrons. The van der Waals surface area contributed by atoms with Crippen molar-refractivity contribution in [2.24, 2.45) is 0 Å². The minimum absolute atomic E-state index is 0.0295. The van der Waals surface area contributed by atoms with E-state index in [9.17, 15) is 9.59 Å². The highest BCUT2D eigenvalue weighted by atomic mass is 16.4. The first-order chi connectivity index (χ1) is 9.97. The molecule has 0 bridgehead atoms. The zero-order chi connectivity index (χ0) is 15.4. The molecular weight excluding hydrogens is 270 g/mol. The summed E-state index contributed by atoms with van der Waals surface area (Å²) in [6.45, 7) is 6.32. The predicted molar refractivity (Wildman–Crippen MR) is 79.4 cm³/mol. The number of pyridine rings is 1. The molecule has 0 aliphatic carbocycles. The van der Waals surface area contributed by atoms with E-state index in [1.807, 2.05) is 18.7 Å². The Balaban J connectivity index is 2.01. The van der Waals surface area contributed by atoms with Crippen LogP contribution in [0.1, 0.15) is 24.2 Å². The van der Waals surface area contributed by atoms with E-state index in [4.69, 9.17) is 5.11 Å². The van der Waals surface area contributed by atoms with Crippen molar-refractivity contribution in [2.45, 2.75) is 13.8 Å². The number of hydrogen-bond donors (Lipinski definition) is 1. The number of piperazine rings is 1. The van der Waals surface area contributed by atoms with Crippen LogP contribution in [0.25, 0.3) is 0 Å². The molecular formula is C15H19N3O3. The Bertz CT molecular complexity index is 571. The van der Waals surface area contributed by atoms with Gasteiger partial charge in [-0.1, -0.05) is 5.57 Å². The van der Waals surface area contributed by atoms with Crippen LogP contribution in [-0.4, -0.2) is 53.0 Å². The zero-order valence-corrected chi connectivity index (χ0v) is 12.2. The number of aromatic carboxylic acids is 1. The van der Waals surface area contributed by atoms with E-state index in [1.165, 1.54) is 12.3 Å². The smallest absolute Gasteiger partial charge is 0.335 e. The second-order valence-electron chi connectivity index (χ2n) is 5.24. The van der Waals surface area contributed by atoms with Crippen molar-refractivity contribution >= 4 is 17.7 Å². The first kappa shape index (κ1) is 15.0. The van der Waals surface area contributed by atoms with Crippen LogP contribution in [0, 0.1) is 0 Å². The van der Waals surface area contributed by atoms with Crippen LogP contribution in [0.15, 0.2) is 30.0 Å². The zero-order valence-electron chi connectivity index (χ0n) is 12.2. The number of allylic oxidation sites excluding steroid dienone is 1. The maximum Gasteiger partial charge on any atom is 0.335 e. The Hall–Kier alpha value is -2.37. The molecule has 1 aromatic rings. The number of nitrogens with zero attached hydrogens (tertiary/aromatic N) is 3. The van der Waals surface area contributed by atoms with Gasteiger partial charge in [-0.25, -0.2) is 9.78 Å². The molecule has 1 N–H and O–H groups in total. The highest BCUT2D eigenvalue weighted by Gasteiger charge is 2.21. The normalized spacial score (nSPS) is 14.8. The molecule has 0 atom stereocenters. The lowest BCUT2D eigenvalue weighted by molar-refractivity contribution is -0.126. The fourth-order valence-corrected chi connectivity index (χ4v) is 2.22. The fourth-order valence-electron chi connectivity index (χ4n) is 2.22. The van der Waals surface area contributed by atoms with Gasteiger partial charge >= 0.3 is 5.97 Å². The van der Waals surface area contributed by atoms with Crippen molar-refractivity contribution in [3.05, 3.63) is 35.5 Å². The Labute approximate surface area is 123 Å². The van der Waals surface area contributed by atoms with Crippen LogP contribution in [0.2, 0.25) is 0 Å². The molecule has 1 fully saturated rings. The monoisotopic (exact) mass is 289 g/mol. The van der Waals surface area contributed by atoms with Gasteiger partial charge in [0.05, 0.1) is 5.56 Å². The first-order valence-electron chi connectivity index (χ1n) is 6.85. The average Bonchev–Trinajstić information content (AvgIpc) is 2.47. The largest absolute Gasteiger partial charge is 0.478 e. The van der Waals surface area contributed by atoms with Crippen LogP contribution in [0.5, 0.6) is 0 Å². The highest BCUT2D eigenvalue weighted by molar-refractivity contribution is 5.89. The number of hydrogen-bond acceptors (Lipinski definition) is 4. The summed E-state index contributed by atoms with van der Waals surface area (Å²) in [7, 11) is 0. The first-order valence-corrected chi connectivity index (χ1v) is 6.85. The van der Waals surface area contributed by atoms with Crippen LogP contribution >= 0.6 is 0 Å². The third-order valence-corrected chi connectivity index (χ3v) is 3.32. The number of carbonyl (C=O) groups is 2. The summed E-state index contributed by atoms with van der Waals surface area (Å²) in [6, 6.07) is 3.04. The van der Waals surface area contributed by atoms with Crippen molar-refractivity contribution in [3.63, 3.8) is 0 Å². The van der Waals surface area contributed by atoms with Gasteiger partial charge in [-0.15, -0.1) is 0 Å². The maximum absolute atomic E-state index is 11.9. The number of amides is 1. The van der Waals surface area contributed by atoms with Crippen LogP contribution < -0.4 is 4.90 Å². The van der Waals surface area contributed by atoms with Crippen LogP contribution in [-0.2, 0) is 4.79 Å². The van der Waals surface area contributed by atoms with Gasteiger partial charge in [0.15, 0.2) is 0 Å². The van der Waals surface area contributed by atoms with E-state index in [0.717, 1.165) is 5.57 Å². The number of carboxylic acids is 1. The van der Waals surface area contributed by atoms with Gasteiger partial charge in [0.25, 0.3) is 0 Å². The van der Waals surface area contributed by atoms with Gasteiger partial charge in [-0.3, -0.25) is 4.79 Å². The van der Waals surface area contributed by atoms with E-state index >= 15 is 0 Å². The quantitative estimate of drug-likeness (QED) is 0.851. The van der Waals surface area contributed by atoms with Crippen molar-refractivity contribution in [2.75, 3.05) is 31.1 Å². The topological polar surface area (TPSA) is 73.7 Å². The SMILES string of the molecule is CC(C)=CC(=O)N1CCN(c2cc(C(=O)O)ccn2)CC1. The summed E-state index contributed by atoms with van der Waals surface area (Å²) >= 11 is 0. The van der Waals surface area contributed by atoms with Crippen molar-refractivity contribution in [1.82, 2.24) is 9.88 Å². The van der Waals surface area contributed by atoms with Crippen LogP contribution in [0.3, 0.4) is 0 Å². The molecule has 0 unspecified atom stereocenters. The summed E-state index contributed by atoms with van der Waals surface area (Å²) < 4.78 is 0. The van der Waals surface area contributed by atoms with Crippen LogP contribution in [0.4, 0.5) is 5.82 Å². The van der Waals surface area contributed by atoms with Gasteiger partial charge in [0.2, 0.25) is 5.91 Å². The molecule has 6 heteroatoms. The molecule has 1 amide bonds. The number of anilines is 1. The van der Waals surface area contributed by atoms with Gasteiger partial charge < -0.3 is 14.9 Å². The molecule has 1 aromatic heterocycles. The molecule has 2 heterocycles. The predicted octanol–water partition coefficient (Wildman–Crippen LogP) is 1.39. The number of carboxylic acid groups (broad SMARTS) is 1. The molecule has 6 nitrogen and oxygen atoms in total. The van der Waals surface area contributed by atoms with Gasteiger partial charge in [-0.2, -0.15) is 0 Å². The Morgan fingerprint density at radius 2 is 1.90 bits per heavy atom. The maximum atomic E-state index is 11.9. The van der Waals surface area contributed by atoms with Crippen molar-refractivity contribution in [1.29, 1.82) is 0 Å². The van der Waals surface area contributed by atoms with E-state index in [2.05, 4.69) is 4.98 Å². The van der Waals surface area contributed by atoms with Crippen molar-refractivity contribution in [3.8, 4) is 0 Å². The molecule has 1 saturated heterocycles. The minimum atomic E-state index is -0.962. The highest BCUT2D eigenvalue weighted by Crippen LogP contribution is 2.15. The molecule has 1 aliphatic heterocycles. The van der Waals surface area contributed by atoms with Gasteiger partial charge in [0, 0.05) is 38.5 Å². The summed E-state index contributed by atoms with van der Waals surface area (Å²) in [4.78, 5) is 30.9. The standard InChI is InChI=1S/C15H19N3O3/c1-11(2)9-14(19)18-7-5-17(6-8-18)13-10-12(15(20)21)3-4-16-13/h3-4,9-10H,5-8H2,1-2H3,(H,20,21). The average molecular weight is 289 g/mol. The molecule has 0 spiro atoms. The van der Waals surface area contributed by atoms with E-state index in [0.29, 0.717) is 32.0 Å². The summed E-state index contributed by atoms with van der Waals surface area (Å²) in [5.41, 5.74) is 1.21. The van der Waals surface area contributed by atoms with E-state index in [1.54, 1.807) is 17.0 Å². The Morgan fingerprint density at radius 1 is 1.24 bits per heavy atom. The lowest BCUT2D eigenvalue weighted by Crippen LogP contribution is -2.48. The second-order valence-corrected chi connectivity index (χ2v) is 5.24. The molecule has 2 rings (SSSR count). The summed E-state index contributed by atoms with van der Waals surface area (Å²) in [5, 5.41) is 9.00. The molecule has 21 heavy (non-hydrogen) atoms. The number of carbonyl (C=O) groups excluding carboxylic acids is 1. The summed E-state index contributed by atoms with van der Waals surface area (Å²) in [5.74, 6) is -0.290. The van der Waals surface area contributed by atoms with Crippen molar-refractivity contribution < 1.29 is 14.7 Å². The van der Waals surface area contributed by atoms with Gasteiger partial charge in [0.1, 0.15) is 5.82 Å². The molecule has 0 saturated carbocycles. The Morgan fingerprint density at radius 3 is 2.48 bits per heavy atom. The third-order valence-electron chi connectivity index (χ3n) is 3.32. The second kappa shape index (κ2) is 6.39. The Kier molecular flexibility index (Phi) is 4.57. The van der Waals surface area contributed by atoms with E-state index < -0.39 is 5.97 Å². The summed E-state index contributed by atoms with van der Waals surface area (Å²) in [6.07, 6.45) is 3.14. The fraction of sp³-hybridized carbons (Fsp3) is 0.400. The molecule has 112 valence electrons. The molecule has 0 aromatic carbocycles.